The Morgan fingerprint density at radius 2 is 1.29 bits per heavy atom. The monoisotopic (exact) mass is 438 g/mol. The van der Waals surface area contributed by atoms with Crippen molar-refractivity contribution in [1.82, 2.24) is 0 Å². The Kier molecular flexibility index (Phi) is 9.59. The molecule has 0 radical (unpaired) electrons. The Hall–Kier alpha value is -1.19. The van der Waals surface area contributed by atoms with Gasteiger partial charge in [0.2, 0.25) is 0 Å². The van der Waals surface area contributed by atoms with E-state index < -0.39 is 6.36 Å². The minimum Gasteiger partial charge on any atom is -0.406 e. The van der Waals surface area contributed by atoms with Crippen LogP contribution in [-0.2, 0) is 6.42 Å². The fraction of sp³-hybridized carbons (Fsp3) is 0.778. The normalized spacial score (nSPS) is 27.2. The zero-order valence-electron chi connectivity index (χ0n) is 19.3. The summed E-state index contributed by atoms with van der Waals surface area (Å²) in [6, 6.07) is 6.40. The standard InChI is InChI=1S/C27H41F3O/c1-2-3-4-5-6-21-9-15-24(16-10-21)25-17-11-22(12-18-25)7-8-23-13-19-26(20-14-23)31-27(28,29)30/h13-14,19-22,24-25H,2-12,15-18H2,1H3/t21-,22-,24-,25-. The van der Waals surface area contributed by atoms with E-state index >= 15 is 0 Å². The molecule has 0 bridgehead atoms. The lowest BCUT2D eigenvalue weighted by Gasteiger charge is -2.38. The van der Waals surface area contributed by atoms with Gasteiger partial charge in [-0.1, -0.05) is 76.8 Å². The van der Waals surface area contributed by atoms with Crippen LogP contribution in [0.1, 0.15) is 102 Å². The van der Waals surface area contributed by atoms with Gasteiger partial charge >= 0.3 is 6.36 Å². The molecule has 31 heavy (non-hydrogen) atoms. The Bertz CT molecular complexity index is 608. The number of rotatable bonds is 10. The maximum Gasteiger partial charge on any atom is 0.573 e. The number of benzene rings is 1. The summed E-state index contributed by atoms with van der Waals surface area (Å²) in [7, 11) is 0. The summed E-state index contributed by atoms with van der Waals surface area (Å²) in [5.74, 6) is 3.55. The average molecular weight is 439 g/mol. The van der Waals surface area contributed by atoms with Crippen LogP contribution in [0.25, 0.3) is 0 Å². The van der Waals surface area contributed by atoms with Gasteiger partial charge in [-0.25, -0.2) is 0 Å². The van der Waals surface area contributed by atoms with Gasteiger partial charge in [-0.3, -0.25) is 0 Å². The maximum atomic E-state index is 12.3. The van der Waals surface area contributed by atoms with Crippen molar-refractivity contribution in [2.75, 3.05) is 0 Å². The van der Waals surface area contributed by atoms with Gasteiger partial charge in [0.25, 0.3) is 0 Å². The first-order valence-electron chi connectivity index (χ1n) is 12.8. The van der Waals surface area contributed by atoms with Crippen molar-refractivity contribution < 1.29 is 17.9 Å². The van der Waals surface area contributed by atoms with Crippen LogP contribution in [-0.4, -0.2) is 6.36 Å². The summed E-state index contributed by atoms with van der Waals surface area (Å²) < 4.78 is 40.8. The molecule has 2 aliphatic carbocycles. The molecule has 176 valence electrons. The predicted octanol–water partition coefficient (Wildman–Crippen LogP) is 9.10. The quantitative estimate of drug-likeness (QED) is 0.331. The lowest BCUT2D eigenvalue weighted by Crippen LogP contribution is -2.26. The predicted molar refractivity (Wildman–Crippen MR) is 121 cm³/mol. The maximum absolute atomic E-state index is 12.3. The molecular weight excluding hydrogens is 397 g/mol. The molecule has 2 saturated carbocycles. The lowest BCUT2D eigenvalue weighted by molar-refractivity contribution is -0.274. The Labute approximate surface area is 187 Å². The minimum atomic E-state index is -4.62. The smallest absolute Gasteiger partial charge is 0.406 e. The molecule has 0 unspecified atom stereocenters. The molecule has 0 saturated heterocycles. The van der Waals surface area contributed by atoms with Crippen LogP contribution in [0.15, 0.2) is 24.3 Å². The number of hydrogen-bond acceptors (Lipinski definition) is 1. The van der Waals surface area contributed by atoms with E-state index in [0.717, 1.165) is 42.1 Å². The SMILES string of the molecule is CCCCCC[C@H]1CC[C@H]([C@H]2CC[C@H](CCc3ccc(OC(F)(F)F)cc3)CC2)CC1. The molecule has 0 N–H and O–H groups in total. The van der Waals surface area contributed by atoms with Crippen LogP contribution >= 0.6 is 0 Å². The molecule has 4 heteroatoms. The van der Waals surface area contributed by atoms with Gasteiger partial charge in [0.05, 0.1) is 0 Å². The summed E-state index contributed by atoms with van der Waals surface area (Å²) in [5.41, 5.74) is 1.11. The van der Waals surface area contributed by atoms with Crippen molar-refractivity contribution >= 4 is 0 Å². The minimum absolute atomic E-state index is 0.132. The third kappa shape index (κ3) is 8.69. The van der Waals surface area contributed by atoms with Crippen LogP contribution in [0.2, 0.25) is 0 Å². The van der Waals surface area contributed by atoms with Crippen LogP contribution in [0, 0.1) is 23.7 Å². The van der Waals surface area contributed by atoms with Gasteiger partial charge in [0, 0.05) is 0 Å². The molecule has 0 aromatic heterocycles. The summed E-state index contributed by atoms with van der Waals surface area (Å²) in [5, 5.41) is 0. The molecule has 2 aliphatic rings. The Morgan fingerprint density at radius 3 is 1.81 bits per heavy atom. The largest absolute Gasteiger partial charge is 0.573 e. The number of unbranched alkanes of at least 4 members (excludes halogenated alkanes) is 3. The zero-order chi connectivity index (χ0) is 22.1. The number of alkyl halides is 3. The van der Waals surface area contributed by atoms with E-state index in [1.807, 2.05) is 0 Å². The van der Waals surface area contributed by atoms with Gasteiger partial charge in [0.1, 0.15) is 5.75 Å². The van der Waals surface area contributed by atoms with E-state index in [9.17, 15) is 13.2 Å². The fourth-order valence-corrected chi connectivity index (χ4v) is 5.98. The van der Waals surface area contributed by atoms with Gasteiger partial charge < -0.3 is 4.74 Å². The first kappa shape index (κ1) is 24.5. The van der Waals surface area contributed by atoms with Crippen molar-refractivity contribution in [3.63, 3.8) is 0 Å². The van der Waals surface area contributed by atoms with Crippen molar-refractivity contribution in [1.29, 1.82) is 0 Å². The van der Waals surface area contributed by atoms with Crippen molar-refractivity contribution in [3.05, 3.63) is 29.8 Å². The molecule has 1 aromatic carbocycles. The zero-order valence-corrected chi connectivity index (χ0v) is 19.3. The Balaban J connectivity index is 1.30. The summed E-state index contributed by atoms with van der Waals surface area (Å²) in [6.07, 6.45) is 15.8. The topological polar surface area (TPSA) is 9.23 Å². The van der Waals surface area contributed by atoms with Crippen molar-refractivity contribution in [3.8, 4) is 5.75 Å². The molecule has 3 rings (SSSR count). The molecule has 0 amide bonds. The molecule has 0 atom stereocenters. The molecule has 2 fully saturated rings. The molecule has 0 aliphatic heterocycles. The Morgan fingerprint density at radius 1 is 0.742 bits per heavy atom. The van der Waals surface area contributed by atoms with Crippen molar-refractivity contribution in [2.45, 2.75) is 110 Å². The average Bonchev–Trinajstić information content (AvgIpc) is 2.76. The molecule has 0 spiro atoms. The summed E-state index contributed by atoms with van der Waals surface area (Å²) in [6.45, 7) is 2.29. The second-order valence-electron chi connectivity index (χ2n) is 10.1. The highest BCUT2D eigenvalue weighted by Crippen LogP contribution is 2.43. The molecule has 1 nitrogen and oxygen atoms in total. The second-order valence-corrected chi connectivity index (χ2v) is 10.1. The highest BCUT2D eigenvalue weighted by atomic mass is 19.4. The number of ether oxygens (including phenoxy) is 1. The van der Waals surface area contributed by atoms with E-state index in [4.69, 9.17) is 0 Å². The number of aryl methyl sites for hydroxylation is 1. The lowest BCUT2D eigenvalue weighted by atomic mass is 9.68. The van der Waals surface area contributed by atoms with Gasteiger partial charge in [-0.15, -0.1) is 13.2 Å². The van der Waals surface area contributed by atoms with E-state index in [1.165, 1.54) is 95.6 Å². The highest BCUT2D eigenvalue weighted by Gasteiger charge is 2.32. The van der Waals surface area contributed by atoms with Crippen LogP contribution < -0.4 is 4.74 Å². The molecule has 1 aromatic rings. The van der Waals surface area contributed by atoms with Crippen LogP contribution in [0.5, 0.6) is 5.75 Å². The van der Waals surface area contributed by atoms with E-state index in [1.54, 1.807) is 12.1 Å². The highest BCUT2D eigenvalue weighted by molar-refractivity contribution is 5.27. The van der Waals surface area contributed by atoms with Crippen LogP contribution in [0.4, 0.5) is 13.2 Å². The summed E-state index contributed by atoms with van der Waals surface area (Å²) >= 11 is 0. The molecule has 0 heterocycles. The van der Waals surface area contributed by atoms with E-state index in [-0.39, 0.29) is 5.75 Å². The third-order valence-electron chi connectivity index (χ3n) is 7.91. The molecular formula is C27H41F3O. The fourth-order valence-electron chi connectivity index (χ4n) is 5.98. The van der Waals surface area contributed by atoms with Gasteiger partial charge in [-0.05, 0) is 79.9 Å². The van der Waals surface area contributed by atoms with Gasteiger partial charge in [0.15, 0.2) is 0 Å². The number of hydrogen-bond donors (Lipinski definition) is 0. The first-order chi connectivity index (χ1) is 14.9. The van der Waals surface area contributed by atoms with Gasteiger partial charge in [-0.2, -0.15) is 0 Å². The van der Waals surface area contributed by atoms with E-state index in [2.05, 4.69) is 11.7 Å². The first-order valence-corrected chi connectivity index (χ1v) is 12.8. The second kappa shape index (κ2) is 12.2. The number of halogens is 3. The summed E-state index contributed by atoms with van der Waals surface area (Å²) in [4.78, 5) is 0. The third-order valence-corrected chi connectivity index (χ3v) is 7.91. The van der Waals surface area contributed by atoms with E-state index in [0.29, 0.717) is 0 Å². The van der Waals surface area contributed by atoms with Crippen molar-refractivity contribution in [2.24, 2.45) is 23.7 Å². The van der Waals surface area contributed by atoms with Crippen LogP contribution in [0.3, 0.4) is 0 Å².